The van der Waals surface area contributed by atoms with Gasteiger partial charge in [0, 0.05) is 18.0 Å². The molecular formula is C16H17Cl2N3O2. The molecule has 0 bridgehead atoms. The molecule has 1 fully saturated rings. The van der Waals surface area contributed by atoms with E-state index in [4.69, 9.17) is 27.9 Å². The minimum absolute atomic E-state index is 0.0819. The van der Waals surface area contributed by atoms with Crippen LogP contribution in [-0.4, -0.2) is 34.7 Å². The van der Waals surface area contributed by atoms with Gasteiger partial charge in [-0.05, 0) is 37.1 Å². The van der Waals surface area contributed by atoms with Crippen LogP contribution in [0.4, 0.5) is 0 Å². The first-order chi connectivity index (χ1) is 11.0. The van der Waals surface area contributed by atoms with Crippen molar-refractivity contribution in [2.45, 2.75) is 25.3 Å². The summed E-state index contributed by atoms with van der Waals surface area (Å²) in [6.07, 6.45) is 2.41. The maximum Gasteiger partial charge on any atom is 0.260 e. The average Bonchev–Trinajstić information content (AvgIpc) is 3.26. The lowest BCUT2D eigenvalue weighted by Gasteiger charge is -2.16. The van der Waals surface area contributed by atoms with Crippen molar-refractivity contribution < 1.29 is 9.53 Å². The van der Waals surface area contributed by atoms with Gasteiger partial charge in [-0.15, -0.1) is 0 Å². The van der Waals surface area contributed by atoms with Crippen molar-refractivity contribution in [3.63, 3.8) is 0 Å². The molecule has 1 N–H and O–H groups in total. The second-order valence-electron chi connectivity index (χ2n) is 5.71. The van der Waals surface area contributed by atoms with Crippen molar-refractivity contribution >= 4 is 29.1 Å². The van der Waals surface area contributed by atoms with E-state index >= 15 is 0 Å². The van der Waals surface area contributed by atoms with Crippen LogP contribution in [0.3, 0.4) is 0 Å². The highest BCUT2D eigenvalue weighted by Gasteiger charge is 2.26. The van der Waals surface area contributed by atoms with E-state index in [0.29, 0.717) is 28.3 Å². The Morgan fingerprint density at radius 2 is 2.17 bits per heavy atom. The Balaban J connectivity index is 1.52. The fraction of sp³-hybridized carbons (Fsp3) is 0.375. The summed E-state index contributed by atoms with van der Waals surface area (Å²) in [5, 5.41) is 8.17. The predicted octanol–water partition coefficient (Wildman–Crippen LogP) is 3.63. The monoisotopic (exact) mass is 353 g/mol. The lowest BCUT2D eigenvalue weighted by atomic mass is 10.2. The number of likely N-dealkylation sites (N-methyl/N-ethyl adjacent to an activating group) is 1. The number of carbonyl (C=O) groups excluding carboxylic acids is 1. The molecule has 23 heavy (non-hydrogen) atoms. The molecule has 2 aromatic rings. The number of nitrogens with one attached hydrogen (secondary N) is 1. The third-order valence-corrected chi connectivity index (χ3v) is 4.26. The molecule has 0 atom stereocenters. The number of aromatic amines is 1. The van der Waals surface area contributed by atoms with Gasteiger partial charge in [0.25, 0.3) is 5.91 Å². The number of halogens is 2. The molecule has 7 heteroatoms. The number of benzene rings is 1. The fourth-order valence-electron chi connectivity index (χ4n) is 2.23. The van der Waals surface area contributed by atoms with Gasteiger partial charge in [0.2, 0.25) is 0 Å². The summed E-state index contributed by atoms with van der Waals surface area (Å²) >= 11 is 11.8. The Morgan fingerprint density at radius 1 is 1.39 bits per heavy atom. The zero-order valence-electron chi connectivity index (χ0n) is 12.7. The highest BCUT2D eigenvalue weighted by molar-refractivity contribution is 6.35. The number of hydrogen-bond donors (Lipinski definition) is 1. The largest absolute Gasteiger partial charge is 0.482 e. The predicted molar refractivity (Wildman–Crippen MR) is 89.0 cm³/mol. The van der Waals surface area contributed by atoms with Gasteiger partial charge in [-0.25, -0.2) is 0 Å². The van der Waals surface area contributed by atoms with Crippen molar-refractivity contribution in [1.29, 1.82) is 0 Å². The van der Waals surface area contributed by atoms with E-state index in [-0.39, 0.29) is 12.5 Å². The standard InChI is InChI=1S/C16H17Cl2N3O2/c1-21(8-12-7-14(20-19-12)10-2-3-10)16(22)9-23-15-5-4-11(17)6-13(15)18/h4-7,10H,2-3,8-9H2,1H3,(H,19,20). The summed E-state index contributed by atoms with van der Waals surface area (Å²) in [6.45, 7) is 0.387. The van der Waals surface area contributed by atoms with Crippen LogP contribution >= 0.6 is 23.2 Å². The molecule has 0 radical (unpaired) electrons. The van der Waals surface area contributed by atoms with Crippen molar-refractivity contribution in [2.24, 2.45) is 0 Å². The number of ether oxygens (including phenoxy) is 1. The van der Waals surface area contributed by atoms with E-state index in [1.807, 2.05) is 6.07 Å². The number of aromatic nitrogens is 2. The molecule has 1 aromatic carbocycles. The van der Waals surface area contributed by atoms with E-state index in [1.165, 1.54) is 12.8 Å². The topological polar surface area (TPSA) is 58.2 Å². The minimum Gasteiger partial charge on any atom is -0.482 e. The molecule has 3 rings (SSSR count). The lowest BCUT2D eigenvalue weighted by molar-refractivity contribution is -0.132. The normalized spacial score (nSPS) is 13.9. The zero-order chi connectivity index (χ0) is 16.4. The third kappa shape index (κ3) is 4.18. The van der Waals surface area contributed by atoms with E-state index in [9.17, 15) is 4.79 Å². The molecular weight excluding hydrogens is 337 g/mol. The van der Waals surface area contributed by atoms with Crippen molar-refractivity contribution in [2.75, 3.05) is 13.7 Å². The molecule has 1 amide bonds. The van der Waals surface area contributed by atoms with Crippen LogP contribution in [0, 0.1) is 0 Å². The highest BCUT2D eigenvalue weighted by atomic mass is 35.5. The van der Waals surface area contributed by atoms with Crippen LogP contribution in [-0.2, 0) is 11.3 Å². The number of hydrogen-bond acceptors (Lipinski definition) is 3. The molecule has 5 nitrogen and oxygen atoms in total. The Kier molecular flexibility index (Phi) is 4.78. The Labute approximate surface area is 144 Å². The molecule has 1 aromatic heterocycles. The van der Waals surface area contributed by atoms with Gasteiger partial charge in [0.05, 0.1) is 23.0 Å². The van der Waals surface area contributed by atoms with E-state index in [0.717, 1.165) is 11.4 Å². The first kappa shape index (κ1) is 16.1. The number of nitrogens with zero attached hydrogens (tertiary/aromatic N) is 2. The van der Waals surface area contributed by atoms with Gasteiger partial charge >= 0.3 is 0 Å². The molecule has 1 aliphatic carbocycles. The third-order valence-electron chi connectivity index (χ3n) is 3.72. The van der Waals surface area contributed by atoms with Gasteiger partial charge in [-0.2, -0.15) is 5.10 Å². The Morgan fingerprint density at radius 3 is 2.87 bits per heavy atom. The zero-order valence-corrected chi connectivity index (χ0v) is 14.2. The smallest absolute Gasteiger partial charge is 0.260 e. The highest BCUT2D eigenvalue weighted by Crippen LogP contribution is 2.39. The van der Waals surface area contributed by atoms with Crippen molar-refractivity contribution in [1.82, 2.24) is 15.1 Å². The molecule has 0 aliphatic heterocycles. The average molecular weight is 354 g/mol. The van der Waals surface area contributed by atoms with Gasteiger partial charge in [-0.3, -0.25) is 9.89 Å². The minimum atomic E-state index is -0.140. The van der Waals surface area contributed by atoms with Crippen LogP contribution in [0.5, 0.6) is 5.75 Å². The first-order valence-electron chi connectivity index (χ1n) is 7.39. The van der Waals surface area contributed by atoms with Gasteiger partial charge in [-0.1, -0.05) is 23.2 Å². The van der Waals surface area contributed by atoms with Crippen LogP contribution in [0.25, 0.3) is 0 Å². The van der Waals surface area contributed by atoms with Crippen LogP contribution in [0.2, 0.25) is 10.0 Å². The van der Waals surface area contributed by atoms with E-state index < -0.39 is 0 Å². The molecule has 0 saturated heterocycles. The van der Waals surface area contributed by atoms with Gasteiger partial charge in [0.1, 0.15) is 5.75 Å². The van der Waals surface area contributed by atoms with Crippen LogP contribution in [0.15, 0.2) is 24.3 Å². The number of rotatable bonds is 6. The molecule has 0 spiro atoms. The summed E-state index contributed by atoms with van der Waals surface area (Å²) in [5.41, 5.74) is 2.01. The van der Waals surface area contributed by atoms with Crippen molar-refractivity contribution in [3.8, 4) is 5.75 Å². The molecule has 0 unspecified atom stereocenters. The summed E-state index contributed by atoms with van der Waals surface area (Å²) in [5.74, 6) is 0.894. The van der Waals surface area contributed by atoms with Gasteiger partial charge < -0.3 is 9.64 Å². The van der Waals surface area contributed by atoms with Crippen LogP contribution in [0.1, 0.15) is 30.1 Å². The molecule has 1 heterocycles. The first-order valence-corrected chi connectivity index (χ1v) is 8.14. The summed E-state index contributed by atoms with van der Waals surface area (Å²) in [7, 11) is 1.73. The van der Waals surface area contributed by atoms with Crippen LogP contribution < -0.4 is 4.74 Å². The second kappa shape index (κ2) is 6.81. The number of carbonyl (C=O) groups is 1. The second-order valence-corrected chi connectivity index (χ2v) is 6.55. The lowest BCUT2D eigenvalue weighted by Crippen LogP contribution is -2.31. The Hall–Kier alpha value is -1.72. The Bertz CT molecular complexity index is 713. The molecule has 122 valence electrons. The SMILES string of the molecule is CN(Cc1cc(C2CC2)n[nH]1)C(=O)COc1ccc(Cl)cc1Cl. The summed E-state index contributed by atoms with van der Waals surface area (Å²) in [6, 6.07) is 6.92. The molecule has 1 aliphatic rings. The molecule has 1 saturated carbocycles. The number of H-pyrrole nitrogens is 1. The van der Waals surface area contributed by atoms with Gasteiger partial charge in [0.15, 0.2) is 6.61 Å². The fourth-order valence-corrected chi connectivity index (χ4v) is 2.70. The maximum absolute atomic E-state index is 12.1. The van der Waals surface area contributed by atoms with E-state index in [2.05, 4.69) is 10.2 Å². The number of amides is 1. The summed E-state index contributed by atoms with van der Waals surface area (Å²) < 4.78 is 5.46. The van der Waals surface area contributed by atoms with Crippen molar-refractivity contribution in [3.05, 3.63) is 45.7 Å². The quantitative estimate of drug-likeness (QED) is 0.862. The summed E-state index contributed by atoms with van der Waals surface area (Å²) in [4.78, 5) is 13.7. The maximum atomic E-state index is 12.1. The van der Waals surface area contributed by atoms with E-state index in [1.54, 1.807) is 30.1 Å².